The lowest BCUT2D eigenvalue weighted by atomic mass is 10.2. The monoisotopic (exact) mass is 390 g/mol. The van der Waals surface area contributed by atoms with E-state index in [9.17, 15) is 8.78 Å². The van der Waals surface area contributed by atoms with Gasteiger partial charge in [-0.1, -0.05) is 37.9 Å². The third-order valence-corrected chi connectivity index (χ3v) is 3.70. The van der Waals surface area contributed by atoms with Crippen molar-refractivity contribution in [3.05, 3.63) is 63.6 Å². The highest BCUT2D eigenvalue weighted by molar-refractivity contribution is 9.10. The highest BCUT2D eigenvalue weighted by atomic mass is 79.9. The molecule has 0 heterocycles. The molecule has 2 rings (SSSR count). The smallest absolute Gasteiger partial charge is 0.132 e. The van der Waals surface area contributed by atoms with E-state index in [1.54, 1.807) is 6.07 Å². The van der Waals surface area contributed by atoms with Crippen molar-refractivity contribution in [2.24, 2.45) is 0 Å². The minimum atomic E-state index is -0.600. The lowest BCUT2D eigenvalue weighted by Gasteiger charge is -2.11. The second-order valence-electron chi connectivity index (χ2n) is 3.87. The molecule has 0 aliphatic rings. The van der Waals surface area contributed by atoms with Gasteiger partial charge in [0.1, 0.15) is 24.0 Å². The second kappa shape index (κ2) is 6.48. The van der Waals surface area contributed by atoms with Gasteiger partial charge in [0, 0.05) is 15.4 Å². The van der Waals surface area contributed by atoms with E-state index in [1.807, 2.05) is 12.1 Å². The van der Waals surface area contributed by atoms with E-state index < -0.39 is 11.6 Å². The summed E-state index contributed by atoms with van der Waals surface area (Å²) in [6.45, 7) is -0.139. The first-order valence-corrected chi connectivity index (χ1v) is 7.43. The molecule has 19 heavy (non-hydrogen) atoms. The Labute approximate surface area is 126 Å². The summed E-state index contributed by atoms with van der Waals surface area (Å²) in [7, 11) is 0. The van der Waals surface area contributed by atoms with E-state index in [1.165, 1.54) is 18.2 Å². The predicted octanol–water partition coefficient (Wildman–Crippen LogP) is 5.20. The molecule has 100 valence electrons. The summed E-state index contributed by atoms with van der Waals surface area (Å²) < 4.78 is 33.3. The van der Waals surface area contributed by atoms with Crippen molar-refractivity contribution in [1.29, 1.82) is 0 Å². The molecule has 0 saturated heterocycles. The van der Waals surface area contributed by atoms with Crippen LogP contribution in [0.25, 0.3) is 0 Å². The summed E-state index contributed by atoms with van der Waals surface area (Å²) in [5.41, 5.74) is 0.845. The lowest BCUT2D eigenvalue weighted by molar-refractivity contribution is 0.290. The molecular formula is C14H10Br2F2O. The molecule has 0 fully saturated rings. The van der Waals surface area contributed by atoms with Crippen LogP contribution in [0.3, 0.4) is 0 Å². The molecule has 5 heteroatoms. The highest BCUT2D eigenvalue weighted by Crippen LogP contribution is 2.26. The zero-order valence-electron chi connectivity index (χ0n) is 9.80. The summed E-state index contributed by atoms with van der Waals surface area (Å²) in [5.74, 6) is -0.599. The van der Waals surface area contributed by atoms with Crippen molar-refractivity contribution in [2.75, 3.05) is 0 Å². The standard InChI is InChI=1S/C14H10Br2F2O/c15-7-9-6-10(16)4-5-14(9)19-8-11-12(17)2-1-3-13(11)18/h1-6H,7-8H2. The largest absolute Gasteiger partial charge is 0.488 e. The number of alkyl halides is 1. The van der Waals surface area contributed by atoms with Gasteiger partial charge in [-0.15, -0.1) is 0 Å². The van der Waals surface area contributed by atoms with Crippen LogP contribution < -0.4 is 4.74 Å². The molecule has 0 unspecified atom stereocenters. The normalized spacial score (nSPS) is 10.5. The summed E-state index contributed by atoms with van der Waals surface area (Å²) in [6.07, 6.45) is 0. The number of halogens is 4. The van der Waals surface area contributed by atoms with E-state index in [0.29, 0.717) is 11.1 Å². The zero-order chi connectivity index (χ0) is 13.8. The lowest BCUT2D eigenvalue weighted by Crippen LogP contribution is -2.03. The Hall–Kier alpha value is -0.940. The minimum absolute atomic E-state index is 0.0639. The maximum Gasteiger partial charge on any atom is 0.132 e. The van der Waals surface area contributed by atoms with Crippen LogP contribution in [-0.2, 0) is 11.9 Å². The van der Waals surface area contributed by atoms with E-state index in [-0.39, 0.29) is 12.2 Å². The molecule has 0 bridgehead atoms. The van der Waals surface area contributed by atoms with Gasteiger partial charge < -0.3 is 4.74 Å². The fourth-order valence-electron chi connectivity index (χ4n) is 1.61. The molecule has 0 radical (unpaired) electrons. The highest BCUT2D eigenvalue weighted by Gasteiger charge is 2.10. The van der Waals surface area contributed by atoms with E-state index >= 15 is 0 Å². The van der Waals surface area contributed by atoms with Crippen molar-refractivity contribution >= 4 is 31.9 Å². The Morgan fingerprint density at radius 3 is 2.37 bits per heavy atom. The molecule has 0 aromatic heterocycles. The summed E-state index contributed by atoms with van der Waals surface area (Å²) in [5, 5.41) is 0.599. The van der Waals surface area contributed by atoms with Gasteiger partial charge in [-0.25, -0.2) is 8.78 Å². The van der Waals surface area contributed by atoms with Crippen molar-refractivity contribution in [2.45, 2.75) is 11.9 Å². The maximum atomic E-state index is 13.5. The molecule has 0 aliphatic heterocycles. The Morgan fingerprint density at radius 2 is 1.74 bits per heavy atom. The van der Waals surface area contributed by atoms with Crippen molar-refractivity contribution in [3.8, 4) is 5.75 Å². The second-order valence-corrected chi connectivity index (χ2v) is 5.35. The number of hydrogen-bond acceptors (Lipinski definition) is 1. The van der Waals surface area contributed by atoms with Crippen LogP contribution in [0, 0.1) is 11.6 Å². The first-order valence-electron chi connectivity index (χ1n) is 5.52. The van der Waals surface area contributed by atoms with Crippen molar-refractivity contribution < 1.29 is 13.5 Å². The predicted molar refractivity (Wildman–Crippen MR) is 77.5 cm³/mol. The van der Waals surface area contributed by atoms with E-state index in [2.05, 4.69) is 31.9 Å². The number of rotatable bonds is 4. The van der Waals surface area contributed by atoms with Gasteiger partial charge in [0.05, 0.1) is 5.56 Å². The Bertz CT molecular complexity index is 567. The van der Waals surface area contributed by atoms with Crippen LogP contribution in [0.4, 0.5) is 8.78 Å². The topological polar surface area (TPSA) is 9.23 Å². The number of benzene rings is 2. The molecule has 0 spiro atoms. The van der Waals surface area contributed by atoms with Crippen LogP contribution >= 0.6 is 31.9 Å². The zero-order valence-corrected chi connectivity index (χ0v) is 13.0. The molecule has 1 nitrogen and oxygen atoms in total. The minimum Gasteiger partial charge on any atom is -0.488 e. The maximum absolute atomic E-state index is 13.5. The Kier molecular flexibility index (Phi) is 4.93. The van der Waals surface area contributed by atoms with Gasteiger partial charge in [-0.3, -0.25) is 0 Å². The van der Waals surface area contributed by atoms with Crippen molar-refractivity contribution in [1.82, 2.24) is 0 Å². The van der Waals surface area contributed by atoms with Gasteiger partial charge >= 0.3 is 0 Å². The number of hydrogen-bond donors (Lipinski definition) is 0. The average Bonchev–Trinajstić information content (AvgIpc) is 2.39. The number of ether oxygens (including phenoxy) is 1. The molecule has 0 saturated carbocycles. The van der Waals surface area contributed by atoms with Crippen LogP contribution in [-0.4, -0.2) is 0 Å². The Balaban J connectivity index is 2.19. The third-order valence-electron chi connectivity index (χ3n) is 2.60. The molecule has 2 aromatic carbocycles. The quantitative estimate of drug-likeness (QED) is 0.650. The van der Waals surface area contributed by atoms with E-state index in [0.717, 1.165) is 10.0 Å². The fourth-order valence-corrected chi connectivity index (χ4v) is 2.46. The first kappa shape index (κ1) is 14.5. The summed E-state index contributed by atoms with van der Waals surface area (Å²) >= 11 is 6.71. The summed E-state index contributed by atoms with van der Waals surface area (Å²) in [4.78, 5) is 0. The van der Waals surface area contributed by atoms with Gasteiger partial charge in [0.15, 0.2) is 0 Å². The van der Waals surface area contributed by atoms with Gasteiger partial charge in [-0.2, -0.15) is 0 Å². The fraction of sp³-hybridized carbons (Fsp3) is 0.143. The van der Waals surface area contributed by atoms with Gasteiger partial charge in [0.2, 0.25) is 0 Å². The average molecular weight is 392 g/mol. The van der Waals surface area contributed by atoms with E-state index in [4.69, 9.17) is 4.74 Å². The van der Waals surface area contributed by atoms with Crippen LogP contribution in [0.15, 0.2) is 40.9 Å². The van der Waals surface area contributed by atoms with Crippen molar-refractivity contribution in [3.63, 3.8) is 0 Å². The van der Waals surface area contributed by atoms with Gasteiger partial charge in [0.25, 0.3) is 0 Å². The summed E-state index contributed by atoms with van der Waals surface area (Å²) in [6, 6.07) is 9.24. The van der Waals surface area contributed by atoms with Crippen LogP contribution in [0.5, 0.6) is 5.75 Å². The van der Waals surface area contributed by atoms with Crippen LogP contribution in [0.2, 0.25) is 0 Å². The SMILES string of the molecule is Fc1cccc(F)c1COc1ccc(Br)cc1CBr. The Morgan fingerprint density at radius 1 is 1.05 bits per heavy atom. The van der Waals surface area contributed by atoms with Gasteiger partial charge in [-0.05, 0) is 30.3 Å². The molecule has 0 aliphatic carbocycles. The molecular weight excluding hydrogens is 382 g/mol. The first-order chi connectivity index (χ1) is 9.11. The molecule has 2 aromatic rings. The molecule has 0 N–H and O–H groups in total. The molecule has 0 amide bonds. The van der Waals surface area contributed by atoms with Crippen LogP contribution in [0.1, 0.15) is 11.1 Å². The third kappa shape index (κ3) is 3.54. The molecule has 0 atom stereocenters.